The van der Waals surface area contributed by atoms with Crippen LogP contribution < -0.4 is 0 Å². The molecule has 0 aliphatic carbocycles. The van der Waals surface area contributed by atoms with Crippen molar-refractivity contribution in [3.8, 4) is 0 Å². The third-order valence-corrected chi connectivity index (χ3v) is 4.76. The van der Waals surface area contributed by atoms with Crippen LogP contribution in [0, 0.1) is 0 Å². The SMILES string of the molecule is c1cc2ccc3ccc(CCC4CO4)c4ccc(c1)c2c34. The highest BCUT2D eigenvalue weighted by molar-refractivity contribution is 6.23. The van der Waals surface area contributed by atoms with Crippen LogP contribution in [0.3, 0.4) is 0 Å². The summed E-state index contributed by atoms with van der Waals surface area (Å²) >= 11 is 0. The van der Waals surface area contributed by atoms with Crippen molar-refractivity contribution in [1.29, 1.82) is 0 Å². The first-order chi connectivity index (χ1) is 10.4. The number of aryl methyl sites for hydroxylation is 1. The number of benzene rings is 4. The van der Waals surface area contributed by atoms with E-state index in [0.29, 0.717) is 6.10 Å². The number of ether oxygens (including phenoxy) is 1. The number of rotatable bonds is 3. The summed E-state index contributed by atoms with van der Waals surface area (Å²) in [6.07, 6.45) is 2.76. The van der Waals surface area contributed by atoms with Gasteiger partial charge in [-0.1, -0.05) is 54.6 Å². The summed E-state index contributed by atoms with van der Waals surface area (Å²) in [6.45, 7) is 0.950. The highest BCUT2D eigenvalue weighted by Gasteiger charge is 2.22. The molecule has 5 rings (SSSR count). The lowest BCUT2D eigenvalue weighted by Gasteiger charge is -2.13. The van der Waals surface area contributed by atoms with Gasteiger partial charge in [0, 0.05) is 0 Å². The van der Waals surface area contributed by atoms with E-state index in [0.717, 1.165) is 19.4 Å². The maximum absolute atomic E-state index is 5.36. The Morgan fingerprint density at radius 1 is 0.810 bits per heavy atom. The lowest BCUT2D eigenvalue weighted by molar-refractivity contribution is 0.397. The molecule has 1 nitrogen and oxygen atoms in total. The Balaban J connectivity index is 1.82. The molecule has 1 atom stereocenters. The lowest BCUT2D eigenvalue weighted by Crippen LogP contribution is -1.94. The zero-order valence-corrected chi connectivity index (χ0v) is 11.8. The fourth-order valence-corrected chi connectivity index (χ4v) is 3.56. The molecule has 1 heteroatoms. The van der Waals surface area contributed by atoms with Gasteiger partial charge in [-0.25, -0.2) is 0 Å². The zero-order chi connectivity index (χ0) is 13.8. The predicted molar refractivity (Wildman–Crippen MR) is 88.2 cm³/mol. The van der Waals surface area contributed by atoms with Crippen LogP contribution in [0.2, 0.25) is 0 Å². The highest BCUT2D eigenvalue weighted by atomic mass is 16.6. The number of epoxide rings is 1. The van der Waals surface area contributed by atoms with Gasteiger partial charge in [0.15, 0.2) is 0 Å². The monoisotopic (exact) mass is 272 g/mol. The molecule has 1 unspecified atom stereocenters. The lowest BCUT2D eigenvalue weighted by atomic mass is 9.91. The molecule has 0 aromatic heterocycles. The Morgan fingerprint density at radius 2 is 1.48 bits per heavy atom. The van der Waals surface area contributed by atoms with Crippen molar-refractivity contribution in [2.24, 2.45) is 0 Å². The summed E-state index contributed by atoms with van der Waals surface area (Å²) in [5.41, 5.74) is 1.45. The molecular formula is C20H16O. The Bertz CT molecular complexity index is 934. The normalized spacial score (nSPS) is 18.0. The van der Waals surface area contributed by atoms with Gasteiger partial charge in [0.05, 0.1) is 12.7 Å². The second kappa shape index (κ2) is 4.19. The van der Waals surface area contributed by atoms with Gasteiger partial charge in [-0.3, -0.25) is 0 Å². The smallest absolute Gasteiger partial charge is 0.0813 e. The van der Waals surface area contributed by atoms with Crippen LogP contribution in [0.4, 0.5) is 0 Å². The van der Waals surface area contributed by atoms with Crippen molar-refractivity contribution in [3.05, 3.63) is 60.2 Å². The van der Waals surface area contributed by atoms with E-state index < -0.39 is 0 Å². The minimum absolute atomic E-state index is 0.503. The number of hydrogen-bond donors (Lipinski definition) is 0. The summed E-state index contributed by atoms with van der Waals surface area (Å²) in [4.78, 5) is 0. The Kier molecular flexibility index (Phi) is 2.30. The van der Waals surface area contributed by atoms with Crippen molar-refractivity contribution in [1.82, 2.24) is 0 Å². The van der Waals surface area contributed by atoms with Gasteiger partial charge in [0.2, 0.25) is 0 Å². The van der Waals surface area contributed by atoms with E-state index in [2.05, 4.69) is 54.6 Å². The molecule has 1 saturated heterocycles. The molecule has 1 fully saturated rings. The zero-order valence-electron chi connectivity index (χ0n) is 11.8. The second-order valence-corrected chi connectivity index (χ2v) is 6.07. The largest absolute Gasteiger partial charge is 0.373 e. The topological polar surface area (TPSA) is 12.5 Å². The highest BCUT2D eigenvalue weighted by Crippen LogP contribution is 2.36. The van der Waals surface area contributed by atoms with Gasteiger partial charge in [0.1, 0.15) is 0 Å². The first-order valence-corrected chi connectivity index (χ1v) is 7.67. The van der Waals surface area contributed by atoms with Crippen LogP contribution in [-0.2, 0) is 11.2 Å². The Hall–Kier alpha value is -2.12. The van der Waals surface area contributed by atoms with E-state index in [-0.39, 0.29) is 0 Å². The van der Waals surface area contributed by atoms with E-state index in [1.165, 1.54) is 37.9 Å². The molecule has 0 spiro atoms. The fourth-order valence-electron chi connectivity index (χ4n) is 3.56. The Labute approximate surface area is 123 Å². The maximum atomic E-state index is 5.36. The quantitative estimate of drug-likeness (QED) is 0.381. The molecule has 0 N–H and O–H groups in total. The van der Waals surface area contributed by atoms with Gasteiger partial charge >= 0.3 is 0 Å². The average Bonchev–Trinajstić information content (AvgIpc) is 3.35. The second-order valence-electron chi connectivity index (χ2n) is 6.07. The minimum atomic E-state index is 0.503. The van der Waals surface area contributed by atoms with E-state index in [9.17, 15) is 0 Å². The van der Waals surface area contributed by atoms with Crippen molar-refractivity contribution in [3.63, 3.8) is 0 Å². The van der Waals surface area contributed by atoms with Crippen LogP contribution in [0.15, 0.2) is 54.6 Å². The van der Waals surface area contributed by atoms with E-state index in [4.69, 9.17) is 4.74 Å². The molecule has 1 aliphatic rings. The van der Waals surface area contributed by atoms with Gasteiger partial charge in [-0.2, -0.15) is 0 Å². The van der Waals surface area contributed by atoms with E-state index >= 15 is 0 Å². The molecule has 0 radical (unpaired) electrons. The first-order valence-electron chi connectivity index (χ1n) is 7.67. The van der Waals surface area contributed by atoms with Gasteiger partial charge in [0.25, 0.3) is 0 Å². The van der Waals surface area contributed by atoms with Crippen LogP contribution in [0.25, 0.3) is 32.3 Å². The van der Waals surface area contributed by atoms with Gasteiger partial charge in [-0.05, 0) is 50.7 Å². The van der Waals surface area contributed by atoms with Crippen molar-refractivity contribution < 1.29 is 4.74 Å². The summed E-state index contributed by atoms with van der Waals surface area (Å²) < 4.78 is 5.36. The molecule has 1 heterocycles. The molecule has 0 bridgehead atoms. The summed E-state index contributed by atoms with van der Waals surface area (Å²) in [5, 5.41) is 8.29. The standard InChI is InChI=1S/C20H16O/c1-2-14-6-7-16-5-4-13(8-10-17-12-21-17)18-11-9-15(3-1)19(14)20(16)18/h1-7,9,11,17H,8,10,12H2. The molecular weight excluding hydrogens is 256 g/mol. The maximum Gasteiger partial charge on any atom is 0.0813 e. The molecule has 21 heavy (non-hydrogen) atoms. The van der Waals surface area contributed by atoms with Crippen LogP contribution >= 0.6 is 0 Å². The van der Waals surface area contributed by atoms with Crippen LogP contribution in [-0.4, -0.2) is 12.7 Å². The van der Waals surface area contributed by atoms with Crippen LogP contribution in [0.5, 0.6) is 0 Å². The first kappa shape index (κ1) is 11.5. The summed E-state index contributed by atoms with van der Waals surface area (Å²) in [6, 6.07) is 20.2. The minimum Gasteiger partial charge on any atom is -0.373 e. The van der Waals surface area contributed by atoms with Crippen molar-refractivity contribution in [2.75, 3.05) is 6.61 Å². The third-order valence-electron chi connectivity index (χ3n) is 4.76. The predicted octanol–water partition coefficient (Wildman–Crippen LogP) is 4.92. The molecule has 0 saturated carbocycles. The van der Waals surface area contributed by atoms with Gasteiger partial charge < -0.3 is 4.74 Å². The molecule has 0 amide bonds. The molecule has 102 valence electrons. The molecule has 4 aromatic carbocycles. The summed E-state index contributed by atoms with van der Waals surface area (Å²) in [5.74, 6) is 0. The van der Waals surface area contributed by atoms with Crippen LogP contribution in [0.1, 0.15) is 12.0 Å². The average molecular weight is 272 g/mol. The Morgan fingerprint density at radius 3 is 2.24 bits per heavy atom. The fraction of sp³-hybridized carbons (Fsp3) is 0.200. The van der Waals surface area contributed by atoms with Crippen molar-refractivity contribution in [2.45, 2.75) is 18.9 Å². The third kappa shape index (κ3) is 1.74. The van der Waals surface area contributed by atoms with E-state index in [1.807, 2.05) is 0 Å². The van der Waals surface area contributed by atoms with E-state index in [1.54, 1.807) is 0 Å². The summed E-state index contributed by atoms with van der Waals surface area (Å²) in [7, 11) is 0. The van der Waals surface area contributed by atoms with Crippen molar-refractivity contribution >= 4 is 32.3 Å². The molecule has 4 aromatic rings. The molecule has 1 aliphatic heterocycles. The van der Waals surface area contributed by atoms with Gasteiger partial charge in [-0.15, -0.1) is 0 Å². The number of hydrogen-bond acceptors (Lipinski definition) is 1.